The molecule has 19 nitrogen and oxygen atoms in total. The van der Waals surface area contributed by atoms with Gasteiger partial charge < -0.3 is 37.2 Å². The molecule has 9 N–H and O–H groups in total. The molecule has 1 fully saturated rings. The maximum absolute atomic E-state index is 15.2. The van der Waals surface area contributed by atoms with Crippen LogP contribution in [0.5, 0.6) is 5.75 Å². The van der Waals surface area contributed by atoms with Crippen LogP contribution >= 0.6 is 11.3 Å². The number of carboxylic acids is 1. The molecule has 2 amide bonds. The molecule has 0 aliphatic carbocycles. The number of carbonyl (C=O) groups excluding carboxylic acids is 2. The third-order valence-electron chi connectivity index (χ3n) is 7.16. The molecule has 0 bridgehead atoms. The topological polar surface area (TPSA) is 281 Å². The molecular weight excluding hydrogens is 681 g/mol. The molecule has 1 aliphatic rings. The molecule has 1 saturated heterocycles. The van der Waals surface area contributed by atoms with Gasteiger partial charge in [-0.05, 0) is 32.5 Å². The van der Waals surface area contributed by atoms with Gasteiger partial charge in [-0.25, -0.2) is 14.2 Å². The molecule has 22 heteroatoms. The Morgan fingerprint density at radius 1 is 1.29 bits per heavy atom. The van der Waals surface area contributed by atoms with Crippen molar-refractivity contribution in [2.45, 2.75) is 44.5 Å². The summed E-state index contributed by atoms with van der Waals surface area (Å²) in [5, 5.41) is 17.4. The van der Waals surface area contributed by atoms with Crippen LogP contribution in [0.4, 0.5) is 15.3 Å². The molecule has 1 unspecified atom stereocenters. The highest BCUT2D eigenvalue weighted by Gasteiger charge is 2.58. The Hall–Kier alpha value is -4.90. The van der Waals surface area contributed by atoms with Crippen molar-refractivity contribution in [3.8, 4) is 16.9 Å². The number of carbonyl (C=O) groups is 3. The number of halogens is 1. The summed E-state index contributed by atoms with van der Waals surface area (Å²) in [4.78, 5) is 46.7. The van der Waals surface area contributed by atoms with Crippen molar-refractivity contribution in [1.82, 2.24) is 20.0 Å². The van der Waals surface area contributed by atoms with Gasteiger partial charge >= 0.3 is 16.4 Å². The van der Waals surface area contributed by atoms with Gasteiger partial charge in [-0.3, -0.25) is 14.1 Å². The minimum absolute atomic E-state index is 0.0181. The summed E-state index contributed by atoms with van der Waals surface area (Å²) in [6.07, 6.45) is 0.549. The summed E-state index contributed by atoms with van der Waals surface area (Å²) in [5.74, 6) is -4.09. The van der Waals surface area contributed by atoms with Crippen molar-refractivity contribution in [1.29, 1.82) is 0 Å². The van der Waals surface area contributed by atoms with Crippen LogP contribution in [0.1, 0.15) is 26.0 Å². The van der Waals surface area contributed by atoms with Gasteiger partial charge in [-0.1, -0.05) is 5.16 Å². The standard InChI is InChI=1S/C26H32FN9O10S2/c1-26(2)20(23(38)36(26)46-48(41,42)43)32-22(37)19(17-12-47-25(30)31-17)33-45-18(24(39)40)11-44-13-5-6-14(16(27)9-13)15-10-35(8-4-7-28)34(3)21(15)29/h5-6,9-10,12,18,20,29H,4,7-8,11,28H2,1-3H3,(H5,30,31,32,37,39,40,41,42,43)/p+1/b33-19-/t18?,20-/m1/s1. The number of ether oxygens (including phenoxy) is 1. The highest BCUT2D eigenvalue weighted by atomic mass is 32.3. The third kappa shape index (κ3) is 7.79. The normalized spacial score (nSPS) is 16.7. The van der Waals surface area contributed by atoms with Crippen molar-refractivity contribution >= 4 is 56.2 Å². The number of thiazole rings is 1. The zero-order valence-electron chi connectivity index (χ0n) is 25.7. The van der Waals surface area contributed by atoms with Crippen molar-refractivity contribution in [3.05, 3.63) is 41.3 Å². The Bertz CT molecular complexity index is 1860. The lowest BCUT2D eigenvalue weighted by Gasteiger charge is -2.50. The summed E-state index contributed by atoms with van der Waals surface area (Å²) in [6, 6.07) is 2.49. The smallest absolute Gasteiger partial charge is 0.418 e. The average Bonchev–Trinajstić information content (AvgIpc) is 3.56. The first-order valence-electron chi connectivity index (χ1n) is 13.9. The first kappa shape index (κ1) is 35.9. The van der Waals surface area contributed by atoms with Gasteiger partial charge in [0, 0.05) is 23.4 Å². The number of aromatic nitrogens is 3. The molecule has 2 atom stereocenters. The fourth-order valence-electron chi connectivity index (χ4n) is 4.55. The second-order valence-electron chi connectivity index (χ2n) is 10.8. The summed E-state index contributed by atoms with van der Waals surface area (Å²) < 4.78 is 59.5. The molecule has 0 spiro atoms. The number of hydrogen-bond donors (Lipinski definition) is 6. The molecular formula is C26H33FN9O10S2+. The van der Waals surface area contributed by atoms with Crippen LogP contribution in [0.15, 0.2) is 34.9 Å². The van der Waals surface area contributed by atoms with E-state index in [1.54, 1.807) is 22.6 Å². The molecule has 0 saturated carbocycles. The van der Waals surface area contributed by atoms with E-state index < -0.39 is 64.0 Å². The van der Waals surface area contributed by atoms with E-state index in [1.807, 2.05) is 0 Å². The number of anilines is 2. The Morgan fingerprint density at radius 3 is 2.56 bits per heavy atom. The second-order valence-corrected chi connectivity index (χ2v) is 12.7. The number of amides is 2. The van der Waals surface area contributed by atoms with Crippen molar-refractivity contribution < 1.29 is 55.4 Å². The van der Waals surface area contributed by atoms with Gasteiger partial charge in [-0.2, -0.15) is 13.5 Å². The van der Waals surface area contributed by atoms with Gasteiger partial charge in [0.05, 0.1) is 18.2 Å². The first-order valence-corrected chi connectivity index (χ1v) is 16.2. The van der Waals surface area contributed by atoms with Gasteiger partial charge in [0.1, 0.15) is 29.9 Å². The maximum atomic E-state index is 15.2. The minimum atomic E-state index is -5.04. The Balaban J connectivity index is 1.49. The fourth-order valence-corrected chi connectivity index (χ4v) is 5.55. The van der Waals surface area contributed by atoms with Crippen molar-refractivity contribution in [2.75, 3.05) is 24.6 Å². The zero-order valence-corrected chi connectivity index (χ0v) is 27.3. The number of benzene rings is 1. The Kier molecular flexibility index (Phi) is 10.5. The van der Waals surface area contributed by atoms with E-state index >= 15 is 4.39 Å². The number of β-lactam (4-membered cyclic amide) rings is 1. The molecule has 2 aromatic heterocycles. The van der Waals surface area contributed by atoms with Crippen LogP contribution in [0.25, 0.3) is 11.1 Å². The predicted octanol–water partition coefficient (Wildman–Crippen LogP) is -0.819. The van der Waals surface area contributed by atoms with E-state index in [9.17, 15) is 27.9 Å². The highest BCUT2D eigenvalue weighted by molar-refractivity contribution is 7.80. The number of oxime groups is 1. The monoisotopic (exact) mass is 714 g/mol. The van der Waals surface area contributed by atoms with Crippen LogP contribution < -0.4 is 31.9 Å². The Labute approximate surface area is 276 Å². The summed E-state index contributed by atoms with van der Waals surface area (Å²) >= 11 is 0.920. The molecule has 4 rings (SSSR count). The van der Waals surface area contributed by atoms with Crippen molar-refractivity contribution in [3.63, 3.8) is 0 Å². The SMILES string of the molecule is Cn1c(N)c(-c2ccc(OCC(O/N=C(\C(=O)N[C@@H]3C(=O)N(OS(=O)(=O)O)C3(C)C)c3csc(N)n3)C(=O)O)cc2F)c[n+]1CCCN. The van der Waals surface area contributed by atoms with Crippen molar-refractivity contribution in [2.24, 2.45) is 17.9 Å². The fraction of sp³-hybridized carbons (Fsp3) is 0.385. The number of aryl methyl sites for hydroxylation is 1. The van der Waals surface area contributed by atoms with Gasteiger partial charge in [0.2, 0.25) is 6.20 Å². The second kappa shape index (κ2) is 14.1. The van der Waals surface area contributed by atoms with E-state index in [2.05, 4.69) is 19.7 Å². The van der Waals surface area contributed by atoms with Crippen LogP contribution in [0.3, 0.4) is 0 Å². The predicted molar refractivity (Wildman–Crippen MR) is 166 cm³/mol. The lowest BCUT2D eigenvalue weighted by atomic mass is 9.84. The number of nitrogen functional groups attached to an aromatic ring is 2. The van der Waals surface area contributed by atoms with E-state index in [1.165, 1.54) is 31.4 Å². The zero-order chi connectivity index (χ0) is 35.6. The molecule has 1 aromatic carbocycles. The molecule has 48 heavy (non-hydrogen) atoms. The molecule has 0 radical (unpaired) electrons. The van der Waals surface area contributed by atoms with E-state index in [-0.39, 0.29) is 22.1 Å². The number of nitrogens with zero attached hydrogens (tertiary/aromatic N) is 5. The summed E-state index contributed by atoms with van der Waals surface area (Å²) in [5.41, 5.74) is 15.8. The van der Waals surface area contributed by atoms with Gasteiger partial charge in [0.15, 0.2) is 23.2 Å². The number of hydrogen-bond acceptors (Lipinski definition) is 14. The van der Waals surface area contributed by atoms with E-state index in [4.69, 9.17) is 31.3 Å². The summed E-state index contributed by atoms with van der Waals surface area (Å²) in [6.45, 7) is 3.01. The van der Waals surface area contributed by atoms with E-state index in [0.717, 1.165) is 17.4 Å². The summed E-state index contributed by atoms with van der Waals surface area (Å²) in [7, 11) is -3.32. The van der Waals surface area contributed by atoms with Crippen LogP contribution in [0, 0.1) is 5.82 Å². The Morgan fingerprint density at radius 2 is 2.00 bits per heavy atom. The quantitative estimate of drug-likeness (QED) is 0.0369. The molecule has 1 aliphatic heterocycles. The number of aliphatic carboxylic acids is 1. The van der Waals surface area contributed by atoms with Crippen LogP contribution in [0.2, 0.25) is 0 Å². The number of carboxylic acid groups (broad SMARTS) is 1. The lowest BCUT2D eigenvalue weighted by molar-refractivity contribution is -0.772. The number of rotatable bonds is 15. The number of nitrogens with two attached hydrogens (primary N) is 3. The van der Waals surface area contributed by atoms with Gasteiger partial charge in [0.25, 0.3) is 17.9 Å². The van der Waals surface area contributed by atoms with Gasteiger partial charge in [-0.15, -0.1) is 25.0 Å². The number of nitrogens with one attached hydrogen (secondary N) is 1. The minimum Gasteiger partial charge on any atom is -0.489 e. The molecule has 260 valence electrons. The number of hydroxylamine groups is 2. The third-order valence-corrected chi connectivity index (χ3v) is 8.17. The van der Waals surface area contributed by atoms with E-state index in [0.29, 0.717) is 36.0 Å². The average molecular weight is 715 g/mol. The molecule has 3 heterocycles. The van der Waals surface area contributed by atoms with Crippen LogP contribution in [-0.2, 0) is 47.5 Å². The highest BCUT2D eigenvalue weighted by Crippen LogP contribution is 2.33. The molecule has 3 aromatic rings. The first-order chi connectivity index (χ1) is 22.4. The van der Waals surface area contributed by atoms with Crippen LogP contribution in [-0.4, -0.2) is 87.1 Å². The lowest BCUT2D eigenvalue weighted by Crippen LogP contribution is -2.76. The maximum Gasteiger partial charge on any atom is 0.418 e. The largest absolute Gasteiger partial charge is 0.489 e.